The zero-order chi connectivity index (χ0) is 11.6. The summed E-state index contributed by atoms with van der Waals surface area (Å²) in [5.74, 6) is 0. The first kappa shape index (κ1) is 11.9. The maximum absolute atomic E-state index is 5.52. The molecule has 0 radical (unpaired) electrons. The summed E-state index contributed by atoms with van der Waals surface area (Å²) in [5.41, 5.74) is 0.499. The summed E-state index contributed by atoms with van der Waals surface area (Å²) in [6, 6.07) is 0.795. The molecule has 0 amide bonds. The quantitative estimate of drug-likeness (QED) is 0.753. The van der Waals surface area contributed by atoms with Gasteiger partial charge in [0.25, 0.3) is 0 Å². The van der Waals surface area contributed by atoms with E-state index in [0.29, 0.717) is 5.54 Å². The number of nitrogens with zero attached hydrogens (tertiary/aromatic N) is 1. The Labute approximate surface area is 105 Å². The van der Waals surface area contributed by atoms with Crippen molar-refractivity contribution < 1.29 is 4.74 Å². The predicted molar refractivity (Wildman–Crippen MR) is 69.2 cm³/mol. The summed E-state index contributed by atoms with van der Waals surface area (Å²) in [7, 11) is 0. The maximum Gasteiger partial charge on any atom is 0.0480 e. The molecule has 1 spiro atoms. The minimum absolute atomic E-state index is 0.499. The lowest BCUT2D eigenvalue weighted by Gasteiger charge is -2.53. The average molecular weight is 238 g/mol. The van der Waals surface area contributed by atoms with Gasteiger partial charge in [-0.3, -0.25) is 4.90 Å². The van der Waals surface area contributed by atoms with Gasteiger partial charge < -0.3 is 10.1 Å². The van der Waals surface area contributed by atoms with E-state index in [1.165, 1.54) is 64.6 Å². The highest BCUT2D eigenvalue weighted by molar-refractivity contribution is 5.00. The highest BCUT2D eigenvalue weighted by Crippen LogP contribution is 2.37. The second-order valence-electron chi connectivity index (χ2n) is 6.00. The fourth-order valence-corrected chi connectivity index (χ4v) is 4.10. The Morgan fingerprint density at radius 1 is 1.06 bits per heavy atom. The Kier molecular flexibility index (Phi) is 3.69. The van der Waals surface area contributed by atoms with E-state index in [1.54, 1.807) is 0 Å². The van der Waals surface area contributed by atoms with Gasteiger partial charge >= 0.3 is 0 Å². The molecule has 2 heterocycles. The molecule has 3 rings (SSSR count). The molecular formula is C14H26N2O. The van der Waals surface area contributed by atoms with E-state index < -0.39 is 0 Å². The number of nitrogens with one attached hydrogen (secondary N) is 1. The third-order valence-corrected chi connectivity index (χ3v) is 5.01. The minimum Gasteiger partial charge on any atom is -0.381 e. The van der Waals surface area contributed by atoms with Crippen molar-refractivity contribution in [1.29, 1.82) is 0 Å². The second kappa shape index (κ2) is 5.25. The molecule has 0 aromatic carbocycles. The first-order valence-electron chi connectivity index (χ1n) is 7.46. The molecule has 98 valence electrons. The largest absolute Gasteiger partial charge is 0.381 e. The lowest BCUT2D eigenvalue weighted by molar-refractivity contribution is -0.0476. The van der Waals surface area contributed by atoms with Gasteiger partial charge in [-0.1, -0.05) is 19.3 Å². The first-order chi connectivity index (χ1) is 8.41. The molecule has 1 N–H and O–H groups in total. The van der Waals surface area contributed by atoms with Crippen LogP contribution >= 0.6 is 0 Å². The zero-order valence-corrected chi connectivity index (χ0v) is 10.9. The Balaban J connectivity index is 1.73. The van der Waals surface area contributed by atoms with Crippen molar-refractivity contribution in [3.05, 3.63) is 0 Å². The molecule has 2 aliphatic heterocycles. The fraction of sp³-hybridized carbons (Fsp3) is 1.00. The summed E-state index contributed by atoms with van der Waals surface area (Å²) in [5, 5.41) is 3.64. The van der Waals surface area contributed by atoms with E-state index in [1.807, 2.05) is 0 Å². The standard InChI is InChI=1S/C14H26N2O/c1-2-6-14(7-3-1)12-15-8-9-16(14)13-4-10-17-11-5-13/h13,15H,1-12H2. The number of piperazine rings is 1. The summed E-state index contributed by atoms with van der Waals surface area (Å²) in [6.07, 6.45) is 9.64. The fourth-order valence-electron chi connectivity index (χ4n) is 4.10. The highest BCUT2D eigenvalue weighted by Gasteiger charge is 2.42. The zero-order valence-electron chi connectivity index (χ0n) is 10.9. The van der Waals surface area contributed by atoms with Crippen LogP contribution in [0.4, 0.5) is 0 Å². The van der Waals surface area contributed by atoms with E-state index >= 15 is 0 Å². The number of ether oxygens (including phenoxy) is 1. The molecule has 0 unspecified atom stereocenters. The van der Waals surface area contributed by atoms with Crippen LogP contribution in [0.2, 0.25) is 0 Å². The van der Waals surface area contributed by atoms with Crippen LogP contribution in [0.15, 0.2) is 0 Å². The van der Waals surface area contributed by atoms with Crippen LogP contribution in [0.3, 0.4) is 0 Å². The van der Waals surface area contributed by atoms with Crippen molar-refractivity contribution in [1.82, 2.24) is 10.2 Å². The van der Waals surface area contributed by atoms with Crippen LogP contribution < -0.4 is 5.32 Å². The van der Waals surface area contributed by atoms with Crippen molar-refractivity contribution >= 4 is 0 Å². The Morgan fingerprint density at radius 2 is 1.82 bits per heavy atom. The van der Waals surface area contributed by atoms with Crippen LogP contribution in [0.1, 0.15) is 44.9 Å². The van der Waals surface area contributed by atoms with Crippen molar-refractivity contribution in [2.75, 3.05) is 32.8 Å². The molecule has 2 saturated heterocycles. The Bertz CT molecular complexity index is 236. The molecule has 1 saturated carbocycles. The molecule has 3 fully saturated rings. The number of hydrogen-bond donors (Lipinski definition) is 1. The summed E-state index contributed by atoms with van der Waals surface area (Å²) < 4.78 is 5.52. The topological polar surface area (TPSA) is 24.5 Å². The van der Waals surface area contributed by atoms with Crippen molar-refractivity contribution in [2.24, 2.45) is 0 Å². The van der Waals surface area contributed by atoms with Gasteiger partial charge in [0.15, 0.2) is 0 Å². The van der Waals surface area contributed by atoms with Gasteiger partial charge in [0.05, 0.1) is 0 Å². The van der Waals surface area contributed by atoms with Crippen molar-refractivity contribution in [3.63, 3.8) is 0 Å². The third-order valence-electron chi connectivity index (χ3n) is 5.01. The van der Waals surface area contributed by atoms with Gasteiger partial charge in [0.1, 0.15) is 0 Å². The maximum atomic E-state index is 5.52. The molecule has 0 atom stereocenters. The lowest BCUT2D eigenvalue weighted by atomic mass is 9.77. The minimum atomic E-state index is 0.499. The van der Waals surface area contributed by atoms with E-state index in [4.69, 9.17) is 4.74 Å². The van der Waals surface area contributed by atoms with Gasteiger partial charge in [0, 0.05) is 44.4 Å². The SMILES string of the molecule is C1CCC2(CC1)CNCCN2C1CCOCC1. The number of hydrogen-bond acceptors (Lipinski definition) is 3. The molecule has 3 nitrogen and oxygen atoms in total. The molecule has 0 aromatic heterocycles. The normalized spacial score (nSPS) is 31.8. The third kappa shape index (κ3) is 2.38. The van der Waals surface area contributed by atoms with Crippen molar-refractivity contribution in [3.8, 4) is 0 Å². The first-order valence-corrected chi connectivity index (χ1v) is 7.46. The lowest BCUT2D eigenvalue weighted by Crippen LogP contribution is -2.65. The molecule has 0 aromatic rings. The molecule has 3 heteroatoms. The second-order valence-corrected chi connectivity index (χ2v) is 6.00. The van der Waals surface area contributed by atoms with Crippen LogP contribution in [-0.4, -0.2) is 49.3 Å². The summed E-state index contributed by atoms with van der Waals surface area (Å²) >= 11 is 0. The van der Waals surface area contributed by atoms with E-state index in [-0.39, 0.29) is 0 Å². The van der Waals surface area contributed by atoms with Crippen LogP contribution in [0, 0.1) is 0 Å². The summed E-state index contributed by atoms with van der Waals surface area (Å²) in [6.45, 7) is 5.61. The molecule has 17 heavy (non-hydrogen) atoms. The smallest absolute Gasteiger partial charge is 0.0480 e. The molecule has 1 aliphatic carbocycles. The van der Waals surface area contributed by atoms with Crippen LogP contribution in [-0.2, 0) is 4.74 Å². The van der Waals surface area contributed by atoms with Crippen LogP contribution in [0.5, 0.6) is 0 Å². The summed E-state index contributed by atoms with van der Waals surface area (Å²) in [4.78, 5) is 2.87. The highest BCUT2D eigenvalue weighted by atomic mass is 16.5. The van der Waals surface area contributed by atoms with Gasteiger partial charge in [-0.2, -0.15) is 0 Å². The monoisotopic (exact) mass is 238 g/mol. The number of rotatable bonds is 1. The van der Waals surface area contributed by atoms with Gasteiger partial charge in [-0.25, -0.2) is 0 Å². The molecular weight excluding hydrogens is 212 g/mol. The van der Waals surface area contributed by atoms with Gasteiger partial charge in [-0.05, 0) is 25.7 Å². The predicted octanol–water partition coefficient (Wildman–Crippen LogP) is 1.77. The van der Waals surface area contributed by atoms with Crippen molar-refractivity contribution in [2.45, 2.75) is 56.5 Å². The average Bonchev–Trinajstić information content (AvgIpc) is 2.41. The molecule has 0 bridgehead atoms. The van der Waals surface area contributed by atoms with E-state index in [2.05, 4.69) is 10.2 Å². The van der Waals surface area contributed by atoms with Crippen LogP contribution in [0.25, 0.3) is 0 Å². The van der Waals surface area contributed by atoms with E-state index in [0.717, 1.165) is 19.3 Å². The van der Waals surface area contributed by atoms with Gasteiger partial charge in [-0.15, -0.1) is 0 Å². The van der Waals surface area contributed by atoms with Gasteiger partial charge in [0.2, 0.25) is 0 Å². The molecule has 3 aliphatic rings. The Morgan fingerprint density at radius 3 is 2.59 bits per heavy atom. The Hall–Kier alpha value is -0.120. The van der Waals surface area contributed by atoms with E-state index in [9.17, 15) is 0 Å².